The molecule has 2 N–H and O–H groups in total. The number of rotatable bonds is 7. The molecule has 2 aromatic rings. The van der Waals surface area contributed by atoms with Gasteiger partial charge < -0.3 is 10.6 Å². The predicted octanol–water partition coefficient (Wildman–Crippen LogP) is 2.19. The Labute approximate surface area is 130 Å². The molecule has 2 aromatic carbocycles. The molecule has 0 aliphatic rings. The third-order valence-electron chi connectivity index (χ3n) is 3.42. The van der Waals surface area contributed by atoms with Gasteiger partial charge in [-0.15, -0.1) is 0 Å². The molecule has 0 heterocycles. The Morgan fingerprint density at radius 3 is 2.55 bits per heavy atom. The zero-order valence-electron chi connectivity index (χ0n) is 12.6. The van der Waals surface area contributed by atoms with E-state index in [1.807, 2.05) is 43.4 Å². The number of carbonyl (C=O) groups is 2. The van der Waals surface area contributed by atoms with Crippen LogP contribution in [0.4, 0.5) is 0 Å². The third-order valence-corrected chi connectivity index (χ3v) is 3.42. The molecule has 2 rings (SSSR count). The second kappa shape index (κ2) is 8.10. The van der Waals surface area contributed by atoms with Gasteiger partial charge in [-0.1, -0.05) is 36.4 Å². The molecule has 22 heavy (non-hydrogen) atoms. The van der Waals surface area contributed by atoms with E-state index in [-0.39, 0.29) is 5.91 Å². The van der Waals surface area contributed by atoms with Crippen molar-refractivity contribution in [2.75, 3.05) is 13.6 Å². The van der Waals surface area contributed by atoms with Crippen molar-refractivity contribution in [1.29, 1.82) is 0 Å². The molecule has 0 aliphatic carbocycles. The maximum Gasteiger partial charge on any atom is 0.251 e. The Bertz CT molecular complexity index is 636. The molecule has 0 saturated heterocycles. The van der Waals surface area contributed by atoms with Gasteiger partial charge in [0, 0.05) is 17.7 Å². The minimum absolute atomic E-state index is 0.0919. The van der Waals surface area contributed by atoms with E-state index in [9.17, 15) is 9.59 Å². The Kier molecular flexibility index (Phi) is 5.86. The molecule has 0 fully saturated rings. The highest BCUT2D eigenvalue weighted by molar-refractivity contribution is 5.94. The number of benzene rings is 2. The van der Waals surface area contributed by atoms with Gasteiger partial charge in [-0.25, -0.2) is 0 Å². The van der Waals surface area contributed by atoms with Crippen LogP contribution in [-0.4, -0.2) is 25.8 Å². The van der Waals surface area contributed by atoms with Gasteiger partial charge in [0.05, 0.1) is 0 Å². The van der Waals surface area contributed by atoms with Crippen LogP contribution in [0.1, 0.15) is 31.8 Å². The minimum atomic E-state index is -0.0919. The fourth-order valence-electron chi connectivity index (χ4n) is 2.14. The standard InChI is InChI=1S/C18H20N2O2/c1-19-10-9-14-3-2-4-17(11-14)18(22)20-12-15-5-7-16(13-21)8-6-15/h2-8,11,13,19H,9-10,12H2,1H3,(H,20,22). The second-order valence-corrected chi connectivity index (χ2v) is 5.10. The first-order chi connectivity index (χ1) is 10.7. The van der Waals surface area contributed by atoms with Gasteiger partial charge in [0.2, 0.25) is 0 Å². The van der Waals surface area contributed by atoms with Crippen LogP contribution in [0.25, 0.3) is 0 Å². The highest BCUT2D eigenvalue weighted by atomic mass is 16.1. The number of amides is 1. The fraction of sp³-hybridized carbons (Fsp3) is 0.222. The van der Waals surface area contributed by atoms with Crippen LogP contribution in [0.5, 0.6) is 0 Å². The minimum Gasteiger partial charge on any atom is -0.348 e. The van der Waals surface area contributed by atoms with Gasteiger partial charge >= 0.3 is 0 Å². The number of likely N-dealkylation sites (N-methyl/N-ethyl adjacent to an activating group) is 1. The van der Waals surface area contributed by atoms with Gasteiger partial charge in [0.25, 0.3) is 5.91 Å². The molecule has 0 radical (unpaired) electrons. The molecular weight excluding hydrogens is 276 g/mol. The summed E-state index contributed by atoms with van der Waals surface area (Å²) in [7, 11) is 1.91. The summed E-state index contributed by atoms with van der Waals surface area (Å²) >= 11 is 0. The first-order valence-electron chi connectivity index (χ1n) is 7.29. The Balaban J connectivity index is 1.94. The van der Waals surface area contributed by atoms with Gasteiger partial charge in [-0.05, 0) is 43.3 Å². The van der Waals surface area contributed by atoms with Gasteiger partial charge in [0.15, 0.2) is 0 Å². The van der Waals surface area contributed by atoms with Gasteiger partial charge in [0.1, 0.15) is 6.29 Å². The maximum atomic E-state index is 12.2. The second-order valence-electron chi connectivity index (χ2n) is 5.10. The van der Waals surface area contributed by atoms with Crippen molar-refractivity contribution < 1.29 is 9.59 Å². The van der Waals surface area contributed by atoms with Crippen LogP contribution >= 0.6 is 0 Å². The normalized spacial score (nSPS) is 10.2. The maximum absolute atomic E-state index is 12.2. The molecule has 0 bridgehead atoms. The van der Waals surface area contributed by atoms with E-state index >= 15 is 0 Å². The number of aldehydes is 1. The molecule has 4 nitrogen and oxygen atoms in total. The highest BCUT2D eigenvalue weighted by Crippen LogP contribution is 2.07. The topological polar surface area (TPSA) is 58.2 Å². The van der Waals surface area contributed by atoms with E-state index in [2.05, 4.69) is 10.6 Å². The summed E-state index contributed by atoms with van der Waals surface area (Å²) in [6, 6.07) is 14.8. The summed E-state index contributed by atoms with van der Waals surface area (Å²) in [4.78, 5) is 22.8. The number of carbonyl (C=O) groups excluding carboxylic acids is 2. The van der Waals surface area contributed by atoms with E-state index in [4.69, 9.17) is 0 Å². The zero-order chi connectivity index (χ0) is 15.8. The summed E-state index contributed by atoms with van der Waals surface area (Å²) < 4.78 is 0. The van der Waals surface area contributed by atoms with Crippen molar-refractivity contribution in [3.8, 4) is 0 Å². The van der Waals surface area contributed by atoms with E-state index in [0.717, 1.165) is 30.4 Å². The quantitative estimate of drug-likeness (QED) is 0.770. The predicted molar refractivity (Wildman–Crippen MR) is 87.1 cm³/mol. The highest BCUT2D eigenvalue weighted by Gasteiger charge is 2.06. The first-order valence-corrected chi connectivity index (χ1v) is 7.29. The summed E-state index contributed by atoms with van der Waals surface area (Å²) in [5.41, 5.74) is 3.40. The molecular formula is C18H20N2O2. The molecule has 114 valence electrons. The van der Waals surface area contributed by atoms with Crippen molar-refractivity contribution in [2.24, 2.45) is 0 Å². The van der Waals surface area contributed by atoms with Crippen molar-refractivity contribution in [1.82, 2.24) is 10.6 Å². The Morgan fingerprint density at radius 2 is 1.86 bits per heavy atom. The number of nitrogens with one attached hydrogen (secondary N) is 2. The Morgan fingerprint density at radius 1 is 1.09 bits per heavy atom. The van der Waals surface area contributed by atoms with E-state index in [0.29, 0.717) is 17.7 Å². The monoisotopic (exact) mass is 296 g/mol. The van der Waals surface area contributed by atoms with E-state index < -0.39 is 0 Å². The molecule has 0 atom stereocenters. The lowest BCUT2D eigenvalue weighted by molar-refractivity contribution is 0.0950. The van der Waals surface area contributed by atoms with Crippen LogP contribution in [0.3, 0.4) is 0 Å². The van der Waals surface area contributed by atoms with Crippen LogP contribution in [-0.2, 0) is 13.0 Å². The SMILES string of the molecule is CNCCc1cccc(C(=O)NCc2ccc(C=O)cc2)c1. The summed E-state index contributed by atoms with van der Waals surface area (Å²) in [5.74, 6) is -0.0919. The molecule has 0 aromatic heterocycles. The molecule has 0 aliphatic heterocycles. The van der Waals surface area contributed by atoms with E-state index in [1.54, 1.807) is 12.1 Å². The smallest absolute Gasteiger partial charge is 0.251 e. The van der Waals surface area contributed by atoms with Gasteiger partial charge in [-0.3, -0.25) is 9.59 Å². The fourth-order valence-corrected chi connectivity index (χ4v) is 2.14. The molecule has 0 unspecified atom stereocenters. The lowest BCUT2D eigenvalue weighted by Gasteiger charge is -2.07. The van der Waals surface area contributed by atoms with Crippen LogP contribution < -0.4 is 10.6 Å². The van der Waals surface area contributed by atoms with Crippen molar-refractivity contribution >= 4 is 12.2 Å². The lowest BCUT2D eigenvalue weighted by Crippen LogP contribution is -2.23. The van der Waals surface area contributed by atoms with Crippen molar-refractivity contribution in [3.05, 3.63) is 70.8 Å². The number of hydrogen-bond acceptors (Lipinski definition) is 3. The molecule has 0 saturated carbocycles. The number of hydrogen-bond donors (Lipinski definition) is 2. The van der Waals surface area contributed by atoms with Crippen molar-refractivity contribution in [2.45, 2.75) is 13.0 Å². The average molecular weight is 296 g/mol. The third kappa shape index (κ3) is 4.53. The van der Waals surface area contributed by atoms with Crippen LogP contribution in [0.15, 0.2) is 48.5 Å². The lowest BCUT2D eigenvalue weighted by atomic mass is 10.1. The largest absolute Gasteiger partial charge is 0.348 e. The van der Waals surface area contributed by atoms with Crippen LogP contribution in [0, 0.1) is 0 Å². The van der Waals surface area contributed by atoms with Gasteiger partial charge in [-0.2, -0.15) is 0 Å². The average Bonchev–Trinajstić information content (AvgIpc) is 2.58. The van der Waals surface area contributed by atoms with E-state index in [1.165, 1.54) is 0 Å². The zero-order valence-corrected chi connectivity index (χ0v) is 12.6. The molecule has 4 heteroatoms. The molecule has 1 amide bonds. The summed E-state index contributed by atoms with van der Waals surface area (Å²) in [6.45, 7) is 1.33. The van der Waals surface area contributed by atoms with Crippen molar-refractivity contribution in [3.63, 3.8) is 0 Å². The first kappa shape index (κ1) is 15.9. The Hall–Kier alpha value is -2.46. The summed E-state index contributed by atoms with van der Waals surface area (Å²) in [5, 5.41) is 5.99. The molecule has 0 spiro atoms. The summed E-state index contributed by atoms with van der Waals surface area (Å²) in [6.07, 6.45) is 1.70. The van der Waals surface area contributed by atoms with Crippen LogP contribution in [0.2, 0.25) is 0 Å².